The van der Waals surface area contributed by atoms with Crippen molar-refractivity contribution in [1.29, 1.82) is 0 Å². The number of rotatable bonds is 4. The van der Waals surface area contributed by atoms with E-state index < -0.39 is 15.8 Å². The summed E-state index contributed by atoms with van der Waals surface area (Å²) in [5.41, 5.74) is 2.07. The Bertz CT molecular complexity index is 722. The van der Waals surface area contributed by atoms with Crippen LogP contribution in [0.3, 0.4) is 0 Å². The van der Waals surface area contributed by atoms with Crippen molar-refractivity contribution < 1.29 is 12.8 Å². The highest BCUT2D eigenvalue weighted by atomic mass is 32.2. The molecule has 5 heteroatoms. The second-order valence-electron chi connectivity index (χ2n) is 4.37. The summed E-state index contributed by atoms with van der Waals surface area (Å²) < 4.78 is 38.9. The van der Waals surface area contributed by atoms with E-state index in [9.17, 15) is 12.8 Å². The fourth-order valence-electron chi connectivity index (χ4n) is 1.60. The fraction of sp³-hybridized carbons (Fsp3) is 0.0667. The smallest absolute Gasteiger partial charge is 0.255 e. The lowest BCUT2D eigenvalue weighted by molar-refractivity contribution is 0.609. The van der Waals surface area contributed by atoms with Crippen LogP contribution in [0.5, 0.6) is 0 Å². The Labute approximate surface area is 117 Å². The third-order valence-electron chi connectivity index (χ3n) is 2.60. The molecule has 0 fully saturated rings. The number of benzene rings is 2. The maximum absolute atomic E-state index is 13.0. The van der Waals surface area contributed by atoms with Crippen LogP contribution in [-0.2, 0) is 10.0 Å². The molecule has 2 aromatic rings. The maximum atomic E-state index is 13.0. The molecular weight excluding hydrogens is 277 g/mol. The SMILES string of the molecule is Cc1ccc(/C=C/S(=O)(=O)Nc2cccc(F)c2)cc1. The zero-order chi connectivity index (χ0) is 14.6. The molecule has 0 amide bonds. The van der Waals surface area contributed by atoms with E-state index in [0.29, 0.717) is 0 Å². The first-order valence-electron chi connectivity index (χ1n) is 5.98. The highest BCUT2D eigenvalue weighted by molar-refractivity contribution is 7.95. The van der Waals surface area contributed by atoms with Gasteiger partial charge in [0.1, 0.15) is 5.82 Å². The Hall–Kier alpha value is -2.14. The molecule has 0 aliphatic heterocycles. The fourth-order valence-corrected chi connectivity index (χ4v) is 2.46. The van der Waals surface area contributed by atoms with Crippen LogP contribution < -0.4 is 4.72 Å². The first kappa shape index (κ1) is 14.3. The van der Waals surface area contributed by atoms with Gasteiger partial charge in [-0.25, -0.2) is 12.8 Å². The van der Waals surface area contributed by atoms with Gasteiger partial charge in [-0.05, 0) is 36.8 Å². The number of nitrogens with one attached hydrogen (secondary N) is 1. The van der Waals surface area contributed by atoms with Crippen molar-refractivity contribution in [1.82, 2.24) is 0 Å². The van der Waals surface area contributed by atoms with Crippen molar-refractivity contribution in [2.45, 2.75) is 6.92 Å². The van der Waals surface area contributed by atoms with Crippen molar-refractivity contribution in [2.75, 3.05) is 4.72 Å². The summed E-state index contributed by atoms with van der Waals surface area (Å²) in [5, 5.41) is 1.06. The van der Waals surface area contributed by atoms with E-state index in [2.05, 4.69) is 4.72 Å². The van der Waals surface area contributed by atoms with Gasteiger partial charge in [0.15, 0.2) is 0 Å². The molecule has 0 aliphatic rings. The second kappa shape index (κ2) is 5.88. The monoisotopic (exact) mass is 291 g/mol. The molecular formula is C15H14FNO2S. The summed E-state index contributed by atoms with van der Waals surface area (Å²) in [6.07, 6.45) is 1.49. The Balaban J connectivity index is 2.13. The van der Waals surface area contributed by atoms with Crippen LogP contribution in [-0.4, -0.2) is 8.42 Å². The number of halogens is 1. The molecule has 2 aromatic carbocycles. The third kappa shape index (κ3) is 4.20. The molecule has 0 aliphatic carbocycles. The Morgan fingerprint density at radius 1 is 1.10 bits per heavy atom. The van der Waals surface area contributed by atoms with E-state index in [4.69, 9.17) is 0 Å². The largest absolute Gasteiger partial charge is 0.280 e. The minimum absolute atomic E-state index is 0.193. The van der Waals surface area contributed by atoms with Crippen molar-refractivity contribution in [3.8, 4) is 0 Å². The molecule has 0 saturated heterocycles. The first-order valence-corrected chi connectivity index (χ1v) is 7.52. The van der Waals surface area contributed by atoms with Crippen molar-refractivity contribution >= 4 is 21.8 Å². The van der Waals surface area contributed by atoms with E-state index in [1.54, 1.807) is 0 Å². The zero-order valence-electron chi connectivity index (χ0n) is 10.9. The van der Waals surface area contributed by atoms with Gasteiger partial charge in [-0.2, -0.15) is 0 Å². The molecule has 0 unspecified atom stereocenters. The van der Waals surface area contributed by atoms with Gasteiger partial charge in [0, 0.05) is 0 Å². The topological polar surface area (TPSA) is 46.2 Å². The highest BCUT2D eigenvalue weighted by Crippen LogP contribution is 2.13. The van der Waals surface area contributed by atoms with Gasteiger partial charge in [0.25, 0.3) is 10.0 Å². The van der Waals surface area contributed by atoms with Crippen molar-refractivity contribution in [3.05, 3.63) is 70.9 Å². The van der Waals surface area contributed by atoms with E-state index in [0.717, 1.165) is 22.6 Å². The molecule has 0 spiro atoms. The van der Waals surface area contributed by atoms with Crippen molar-refractivity contribution in [3.63, 3.8) is 0 Å². The average Bonchev–Trinajstić information content (AvgIpc) is 2.37. The predicted molar refractivity (Wildman–Crippen MR) is 79.2 cm³/mol. The Kier molecular flexibility index (Phi) is 4.20. The van der Waals surface area contributed by atoms with Gasteiger partial charge in [-0.15, -0.1) is 0 Å². The van der Waals surface area contributed by atoms with E-state index in [1.165, 1.54) is 24.3 Å². The van der Waals surface area contributed by atoms with Gasteiger partial charge in [-0.1, -0.05) is 35.9 Å². The molecule has 2 rings (SSSR count). The van der Waals surface area contributed by atoms with E-state index in [-0.39, 0.29) is 5.69 Å². The molecule has 0 aromatic heterocycles. The van der Waals surface area contributed by atoms with Gasteiger partial charge in [-0.3, -0.25) is 4.72 Å². The van der Waals surface area contributed by atoms with Gasteiger partial charge in [0.2, 0.25) is 0 Å². The summed E-state index contributed by atoms with van der Waals surface area (Å²) in [6.45, 7) is 1.95. The average molecular weight is 291 g/mol. The van der Waals surface area contributed by atoms with Gasteiger partial charge in [0.05, 0.1) is 11.1 Å². The second-order valence-corrected chi connectivity index (χ2v) is 5.94. The van der Waals surface area contributed by atoms with Gasteiger partial charge >= 0.3 is 0 Å². The number of hydrogen-bond donors (Lipinski definition) is 1. The van der Waals surface area contributed by atoms with Crippen LogP contribution in [0.1, 0.15) is 11.1 Å². The van der Waals surface area contributed by atoms with E-state index >= 15 is 0 Å². The molecule has 1 N–H and O–H groups in total. The quantitative estimate of drug-likeness (QED) is 0.936. The van der Waals surface area contributed by atoms with Crippen LogP contribution >= 0.6 is 0 Å². The standard InChI is InChI=1S/C15H14FNO2S/c1-12-5-7-13(8-6-12)9-10-20(18,19)17-15-4-2-3-14(16)11-15/h2-11,17H,1H3/b10-9+. The lowest BCUT2D eigenvalue weighted by Gasteiger charge is -2.04. The number of aryl methyl sites for hydroxylation is 1. The van der Waals surface area contributed by atoms with Crippen LogP contribution in [0, 0.1) is 12.7 Å². The van der Waals surface area contributed by atoms with E-state index in [1.807, 2.05) is 31.2 Å². The van der Waals surface area contributed by atoms with Crippen LogP contribution in [0.15, 0.2) is 53.9 Å². The molecule has 0 radical (unpaired) electrons. The third-order valence-corrected chi connectivity index (χ3v) is 3.62. The summed E-state index contributed by atoms with van der Waals surface area (Å²) in [6, 6.07) is 12.7. The van der Waals surface area contributed by atoms with Gasteiger partial charge < -0.3 is 0 Å². The van der Waals surface area contributed by atoms with Crippen LogP contribution in [0.4, 0.5) is 10.1 Å². The minimum Gasteiger partial charge on any atom is -0.280 e. The summed E-state index contributed by atoms with van der Waals surface area (Å²) in [4.78, 5) is 0. The molecule has 3 nitrogen and oxygen atoms in total. The number of hydrogen-bond acceptors (Lipinski definition) is 2. The highest BCUT2D eigenvalue weighted by Gasteiger charge is 2.05. The zero-order valence-corrected chi connectivity index (χ0v) is 11.7. The Morgan fingerprint density at radius 2 is 1.80 bits per heavy atom. The molecule has 104 valence electrons. The van der Waals surface area contributed by atoms with Crippen LogP contribution in [0.2, 0.25) is 0 Å². The molecule has 20 heavy (non-hydrogen) atoms. The summed E-state index contributed by atoms with van der Waals surface area (Å²) in [5.74, 6) is -0.493. The predicted octanol–water partition coefficient (Wildman–Crippen LogP) is 3.55. The first-order chi connectivity index (χ1) is 9.44. The Morgan fingerprint density at radius 3 is 2.45 bits per heavy atom. The molecule has 0 atom stereocenters. The minimum atomic E-state index is -3.66. The summed E-state index contributed by atoms with van der Waals surface area (Å²) in [7, 11) is -3.66. The summed E-state index contributed by atoms with van der Waals surface area (Å²) >= 11 is 0. The van der Waals surface area contributed by atoms with Crippen LogP contribution in [0.25, 0.3) is 6.08 Å². The molecule has 0 bridgehead atoms. The molecule has 0 heterocycles. The lowest BCUT2D eigenvalue weighted by Crippen LogP contribution is -2.08. The lowest BCUT2D eigenvalue weighted by atomic mass is 10.2. The number of anilines is 1. The maximum Gasteiger partial charge on any atom is 0.255 e. The molecule has 0 saturated carbocycles. The van der Waals surface area contributed by atoms with Crippen molar-refractivity contribution in [2.24, 2.45) is 0 Å². The normalized spacial score (nSPS) is 11.7. The number of sulfonamides is 1.